The van der Waals surface area contributed by atoms with E-state index in [1.165, 1.54) is 0 Å². The summed E-state index contributed by atoms with van der Waals surface area (Å²) in [6.45, 7) is 12.9. The van der Waals surface area contributed by atoms with E-state index in [-0.39, 0.29) is 23.9 Å². The number of benzene rings is 2. The smallest absolute Gasteiger partial charge is 0.425 e. The zero-order valence-corrected chi connectivity index (χ0v) is 28.4. The number of aromatic nitrogens is 3. The molecule has 2 aromatic carbocycles. The summed E-state index contributed by atoms with van der Waals surface area (Å²) in [5.41, 5.74) is 2.66. The number of anilines is 2. The molecule has 0 unspecified atom stereocenters. The van der Waals surface area contributed by atoms with E-state index in [1.54, 1.807) is 59.9 Å². The highest BCUT2D eigenvalue weighted by atomic mass is 16.6. The van der Waals surface area contributed by atoms with Crippen LogP contribution in [0.3, 0.4) is 0 Å². The van der Waals surface area contributed by atoms with Gasteiger partial charge >= 0.3 is 18.2 Å². The van der Waals surface area contributed by atoms with Crippen molar-refractivity contribution >= 4 is 40.7 Å². The van der Waals surface area contributed by atoms with Crippen molar-refractivity contribution in [3.05, 3.63) is 77.6 Å². The van der Waals surface area contributed by atoms with Crippen LogP contribution in [-0.4, -0.2) is 63.0 Å². The Morgan fingerprint density at radius 2 is 1.56 bits per heavy atom. The predicted octanol–water partition coefficient (Wildman–Crippen LogP) is 7.29. The van der Waals surface area contributed by atoms with Crippen molar-refractivity contribution in [1.29, 1.82) is 0 Å². The quantitative estimate of drug-likeness (QED) is 0.160. The van der Waals surface area contributed by atoms with Gasteiger partial charge in [-0.15, -0.1) is 0 Å². The van der Waals surface area contributed by atoms with Crippen LogP contribution in [0.25, 0.3) is 22.0 Å². The summed E-state index contributed by atoms with van der Waals surface area (Å²) < 4.78 is 17.0. The monoisotopic (exact) mass is 651 g/mol. The largest absolute Gasteiger partial charge is 0.455 e. The van der Waals surface area contributed by atoms with Crippen LogP contribution in [0.15, 0.2) is 60.8 Å². The highest BCUT2D eigenvalue weighted by molar-refractivity contribution is 6.14. The van der Waals surface area contributed by atoms with Crippen molar-refractivity contribution in [3.8, 4) is 11.3 Å². The summed E-state index contributed by atoms with van der Waals surface area (Å²) in [5.74, 6) is 0.368. The molecule has 0 radical (unpaired) electrons. The van der Waals surface area contributed by atoms with Gasteiger partial charge in [0, 0.05) is 28.4 Å². The fourth-order valence-corrected chi connectivity index (χ4v) is 5.89. The molecule has 0 spiro atoms. The van der Waals surface area contributed by atoms with Gasteiger partial charge in [-0.05, 0) is 103 Å². The van der Waals surface area contributed by atoms with Gasteiger partial charge in [-0.3, -0.25) is 0 Å². The van der Waals surface area contributed by atoms with Gasteiger partial charge in [0.05, 0.1) is 23.8 Å². The molecule has 11 heteroatoms. The molecule has 48 heavy (non-hydrogen) atoms. The van der Waals surface area contributed by atoms with E-state index >= 15 is 0 Å². The highest BCUT2D eigenvalue weighted by Gasteiger charge is 2.41. The van der Waals surface area contributed by atoms with Crippen LogP contribution in [-0.2, 0) is 27.1 Å². The zero-order chi connectivity index (χ0) is 34.4. The molecular formula is C37H41N5O6. The van der Waals surface area contributed by atoms with Crippen LogP contribution < -0.4 is 9.80 Å². The Hall–Kier alpha value is -5.06. The number of esters is 1. The van der Waals surface area contributed by atoms with Gasteiger partial charge in [-0.1, -0.05) is 24.3 Å². The van der Waals surface area contributed by atoms with Crippen molar-refractivity contribution < 1.29 is 28.6 Å². The number of ether oxygens (including phenoxy) is 3. The first-order valence-corrected chi connectivity index (χ1v) is 16.3. The number of aryl methyl sites for hydroxylation is 1. The van der Waals surface area contributed by atoms with Gasteiger partial charge < -0.3 is 19.1 Å². The molecule has 1 aliphatic heterocycles. The predicted molar refractivity (Wildman–Crippen MR) is 182 cm³/mol. The molecule has 1 fully saturated rings. The summed E-state index contributed by atoms with van der Waals surface area (Å²) >= 11 is 0. The number of hydrogen-bond donors (Lipinski definition) is 0. The SMILES string of the molecule is C[C@H]1[C@H](OC(=O)c2ccccc2)CN1c1nc2c(c(-c3ccc4c(N(C(=O)OC(C)(C)C)C(=O)OC(C)(C)C)nccc4c3)n1)CCC2. The van der Waals surface area contributed by atoms with Gasteiger partial charge in [-0.2, -0.15) is 4.90 Å². The minimum atomic E-state index is -0.879. The molecule has 4 aromatic rings. The van der Waals surface area contributed by atoms with Crippen LogP contribution in [0.4, 0.5) is 21.4 Å². The molecule has 2 atom stereocenters. The molecule has 2 aromatic heterocycles. The molecule has 1 saturated heterocycles. The third kappa shape index (κ3) is 6.81. The lowest BCUT2D eigenvalue weighted by molar-refractivity contribution is 0.0108. The molecule has 11 nitrogen and oxygen atoms in total. The first kappa shape index (κ1) is 32.9. The van der Waals surface area contributed by atoms with Crippen molar-refractivity contribution in [2.24, 2.45) is 0 Å². The van der Waals surface area contributed by atoms with Crippen molar-refractivity contribution in [3.63, 3.8) is 0 Å². The number of amides is 2. The second-order valence-electron chi connectivity index (χ2n) is 14.2. The van der Waals surface area contributed by atoms with Crippen LogP contribution >= 0.6 is 0 Å². The van der Waals surface area contributed by atoms with Crippen molar-refractivity contribution in [2.75, 3.05) is 16.3 Å². The number of rotatable bonds is 5. The Bertz CT molecular complexity index is 1850. The maximum absolute atomic E-state index is 13.4. The van der Waals surface area contributed by atoms with Gasteiger partial charge in [0.25, 0.3) is 0 Å². The number of nitrogens with zero attached hydrogens (tertiary/aromatic N) is 5. The normalized spacial score (nSPS) is 17.4. The minimum absolute atomic E-state index is 0.0955. The van der Waals surface area contributed by atoms with Gasteiger partial charge in [0.1, 0.15) is 17.3 Å². The molecule has 0 N–H and O–H groups in total. The van der Waals surface area contributed by atoms with Gasteiger partial charge in [-0.25, -0.2) is 29.3 Å². The fourth-order valence-electron chi connectivity index (χ4n) is 5.89. The Labute approximate surface area is 280 Å². The van der Waals surface area contributed by atoms with Crippen LogP contribution in [0.1, 0.15) is 76.5 Å². The third-order valence-corrected chi connectivity index (χ3v) is 8.23. The lowest BCUT2D eigenvalue weighted by Crippen LogP contribution is -2.61. The molecule has 2 aliphatic rings. The van der Waals surface area contributed by atoms with Gasteiger partial charge in [0.15, 0.2) is 5.82 Å². The Kier molecular flexibility index (Phi) is 8.57. The first-order valence-electron chi connectivity index (χ1n) is 16.3. The summed E-state index contributed by atoms with van der Waals surface area (Å²) in [5, 5.41) is 1.33. The summed E-state index contributed by atoms with van der Waals surface area (Å²) in [4.78, 5) is 56.8. The molecule has 6 rings (SSSR count). The third-order valence-electron chi connectivity index (χ3n) is 8.23. The van der Waals surface area contributed by atoms with E-state index in [0.29, 0.717) is 23.4 Å². The Balaban J connectivity index is 1.32. The molecular weight excluding hydrogens is 610 g/mol. The number of pyridine rings is 1. The number of carbonyl (C=O) groups excluding carboxylic acids is 3. The summed E-state index contributed by atoms with van der Waals surface area (Å²) in [6, 6.07) is 16.5. The van der Waals surface area contributed by atoms with Crippen molar-refractivity contribution in [1.82, 2.24) is 15.0 Å². The Morgan fingerprint density at radius 3 is 2.21 bits per heavy atom. The highest BCUT2D eigenvalue weighted by Crippen LogP contribution is 2.37. The van der Waals surface area contributed by atoms with Crippen LogP contribution in [0.5, 0.6) is 0 Å². The first-order chi connectivity index (χ1) is 22.7. The average Bonchev–Trinajstić information content (AvgIpc) is 3.49. The second-order valence-corrected chi connectivity index (χ2v) is 14.2. The molecule has 3 heterocycles. The van der Waals surface area contributed by atoms with E-state index in [1.807, 2.05) is 49.4 Å². The summed E-state index contributed by atoms with van der Waals surface area (Å²) in [6.07, 6.45) is 2.22. The van der Waals surface area contributed by atoms with Crippen molar-refractivity contribution in [2.45, 2.75) is 91.1 Å². The van der Waals surface area contributed by atoms with Crippen LogP contribution in [0.2, 0.25) is 0 Å². The molecule has 2 amide bonds. The number of carbonyl (C=O) groups is 3. The second kappa shape index (κ2) is 12.5. The van der Waals surface area contributed by atoms with E-state index in [4.69, 9.17) is 24.2 Å². The lowest BCUT2D eigenvalue weighted by Gasteiger charge is -2.45. The van der Waals surface area contributed by atoms with E-state index < -0.39 is 23.4 Å². The minimum Gasteiger partial charge on any atom is -0.455 e. The maximum atomic E-state index is 13.4. The number of imide groups is 1. The number of fused-ring (bicyclic) bond motifs is 2. The van der Waals surface area contributed by atoms with E-state index in [2.05, 4.69) is 9.88 Å². The van der Waals surface area contributed by atoms with Gasteiger partial charge in [0.2, 0.25) is 5.95 Å². The standard InChI is InChI=1S/C37H41N5O6/c1-22-29(46-32(43)23-12-9-8-10-13-23)21-41(22)33-39-28-15-11-14-27(28)30(40-33)25-16-17-26-24(20-25)18-19-38-31(26)42(34(44)47-36(2,3)4)35(45)48-37(5,6)7/h8-10,12-13,16-20,22,29H,11,14-15,21H2,1-7H3/t22-,29+/m0/s1. The van der Waals surface area contributed by atoms with Crippen LogP contribution in [0, 0.1) is 0 Å². The maximum Gasteiger partial charge on any atom is 0.425 e. The fraction of sp³-hybridized carbons (Fsp3) is 0.405. The average molecular weight is 652 g/mol. The summed E-state index contributed by atoms with van der Waals surface area (Å²) in [7, 11) is 0. The Morgan fingerprint density at radius 1 is 0.875 bits per heavy atom. The zero-order valence-electron chi connectivity index (χ0n) is 28.4. The van der Waals surface area contributed by atoms with E-state index in [9.17, 15) is 14.4 Å². The lowest BCUT2D eigenvalue weighted by atomic mass is 10.00. The molecule has 1 aliphatic carbocycles. The topological polar surface area (TPSA) is 124 Å². The molecule has 0 bridgehead atoms. The molecule has 250 valence electrons. The van der Waals surface area contributed by atoms with E-state index in [0.717, 1.165) is 52.1 Å². The molecule has 0 saturated carbocycles. The number of hydrogen-bond acceptors (Lipinski definition) is 10.